The van der Waals surface area contributed by atoms with Gasteiger partial charge in [-0.3, -0.25) is 0 Å². The van der Waals surface area contributed by atoms with Crippen LogP contribution in [0.5, 0.6) is 0 Å². The lowest BCUT2D eigenvalue weighted by molar-refractivity contribution is -0.210. The third kappa shape index (κ3) is 9.71. The molecule has 0 aromatic heterocycles. The highest BCUT2D eigenvalue weighted by atomic mass is 16.6. The second-order valence-corrected chi connectivity index (χ2v) is 6.97. The van der Waals surface area contributed by atoms with Gasteiger partial charge in [0.25, 0.3) is 0 Å². The summed E-state index contributed by atoms with van der Waals surface area (Å²) in [5.74, 6) is 0. The number of aliphatic hydroxyl groups excluding tert-OH is 3. The summed E-state index contributed by atoms with van der Waals surface area (Å²) in [6, 6.07) is 0. The summed E-state index contributed by atoms with van der Waals surface area (Å²) in [4.78, 5) is 0. The molecule has 5 nitrogen and oxygen atoms in total. The summed E-state index contributed by atoms with van der Waals surface area (Å²) in [6.07, 6.45) is 13.5. The molecule has 0 aliphatic carbocycles. The minimum absolute atomic E-state index is 0.0978. The van der Waals surface area contributed by atoms with Crippen molar-refractivity contribution >= 4 is 0 Å². The van der Waals surface area contributed by atoms with Crippen LogP contribution >= 0.6 is 0 Å². The van der Waals surface area contributed by atoms with Crippen molar-refractivity contribution in [1.82, 2.24) is 0 Å². The minimum atomic E-state index is -0.972. The first-order valence-corrected chi connectivity index (χ1v) is 10.1. The Morgan fingerprint density at radius 3 is 2.28 bits per heavy atom. The Bertz CT molecular complexity index is 334. The van der Waals surface area contributed by atoms with Crippen LogP contribution in [0, 0.1) is 0 Å². The molecule has 3 N–H and O–H groups in total. The summed E-state index contributed by atoms with van der Waals surface area (Å²) < 4.78 is 10.8. The van der Waals surface area contributed by atoms with E-state index >= 15 is 0 Å². The molecule has 0 unspecified atom stereocenters. The lowest BCUT2D eigenvalue weighted by Gasteiger charge is -2.37. The molecule has 0 amide bonds. The van der Waals surface area contributed by atoms with Crippen molar-refractivity contribution in [2.75, 3.05) is 19.8 Å². The van der Waals surface area contributed by atoms with Crippen molar-refractivity contribution in [1.29, 1.82) is 0 Å². The van der Waals surface area contributed by atoms with Crippen molar-refractivity contribution in [2.45, 2.75) is 95.5 Å². The van der Waals surface area contributed by atoms with E-state index in [1.165, 1.54) is 51.4 Å². The van der Waals surface area contributed by atoms with Crippen LogP contribution in [-0.2, 0) is 9.47 Å². The van der Waals surface area contributed by atoms with Gasteiger partial charge in [0.15, 0.2) is 0 Å². The van der Waals surface area contributed by atoms with Gasteiger partial charge in [0, 0.05) is 6.61 Å². The molecule has 1 heterocycles. The largest absolute Gasteiger partial charge is 0.394 e. The van der Waals surface area contributed by atoms with Crippen molar-refractivity contribution in [2.24, 2.45) is 0 Å². The van der Waals surface area contributed by atoms with Crippen molar-refractivity contribution in [3.63, 3.8) is 0 Å². The van der Waals surface area contributed by atoms with Gasteiger partial charge in [-0.05, 0) is 25.7 Å². The molecule has 1 aliphatic rings. The maximum atomic E-state index is 10.0. The average Bonchev–Trinajstić information content (AvgIpc) is 2.61. The van der Waals surface area contributed by atoms with Crippen LogP contribution in [0.15, 0.2) is 12.2 Å². The number of aliphatic hydroxyl groups is 3. The first kappa shape index (κ1) is 22.6. The molecule has 148 valence electrons. The van der Waals surface area contributed by atoms with E-state index in [1.54, 1.807) is 0 Å². The molecule has 0 aromatic rings. The Hall–Kier alpha value is -0.460. The van der Waals surface area contributed by atoms with Gasteiger partial charge < -0.3 is 24.8 Å². The zero-order valence-electron chi connectivity index (χ0n) is 15.8. The van der Waals surface area contributed by atoms with Gasteiger partial charge in [-0.15, -0.1) is 0 Å². The Kier molecular flexibility index (Phi) is 13.3. The van der Waals surface area contributed by atoms with Crippen LogP contribution in [0.25, 0.3) is 0 Å². The summed E-state index contributed by atoms with van der Waals surface area (Å²) in [7, 11) is 0. The Morgan fingerprint density at radius 1 is 0.960 bits per heavy atom. The fraction of sp³-hybridized carbons (Fsp3) is 0.900. The highest BCUT2D eigenvalue weighted by molar-refractivity contribution is 4.87. The van der Waals surface area contributed by atoms with Gasteiger partial charge in [0.05, 0.1) is 13.2 Å². The van der Waals surface area contributed by atoms with Crippen LogP contribution in [-0.4, -0.2) is 59.6 Å². The summed E-state index contributed by atoms with van der Waals surface area (Å²) in [5.41, 5.74) is 0. The number of rotatable bonds is 14. The van der Waals surface area contributed by atoms with Gasteiger partial charge in [0.1, 0.15) is 24.4 Å². The van der Waals surface area contributed by atoms with Crippen LogP contribution < -0.4 is 0 Å². The lowest BCUT2D eigenvalue weighted by Crippen LogP contribution is -2.55. The fourth-order valence-corrected chi connectivity index (χ4v) is 3.10. The predicted molar refractivity (Wildman–Crippen MR) is 99.6 cm³/mol. The molecule has 1 saturated heterocycles. The molecule has 4 atom stereocenters. The molecule has 1 fully saturated rings. The number of hydrogen-bond donors (Lipinski definition) is 3. The number of hydrogen-bond acceptors (Lipinski definition) is 5. The SMILES string of the molecule is CCC/C=C/CCCCCCCCCO[C@H]1[C@H](O)[C@@H](CO)OC[C@@H]1O. The Labute approximate surface area is 153 Å². The molecule has 0 saturated carbocycles. The van der Waals surface area contributed by atoms with Crippen LogP contribution in [0.4, 0.5) is 0 Å². The minimum Gasteiger partial charge on any atom is -0.394 e. The van der Waals surface area contributed by atoms with E-state index in [2.05, 4.69) is 19.1 Å². The molecule has 0 aromatic carbocycles. The highest BCUT2D eigenvalue weighted by Crippen LogP contribution is 2.19. The van der Waals surface area contributed by atoms with Gasteiger partial charge >= 0.3 is 0 Å². The molecule has 1 aliphatic heterocycles. The van der Waals surface area contributed by atoms with Gasteiger partial charge in [-0.2, -0.15) is 0 Å². The second kappa shape index (κ2) is 14.7. The molecule has 1 rings (SSSR count). The van der Waals surface area contributed by atoms with E-state index < -0.39 is 24.4 Å². The van der Waals surface area contributed by atoms with E-state index in [0.717, 1.165) is 12.8 Å². The topological polar surface area (TPSA) is 79.2 Å². The molecule has 25 heavy (non-hydrogen) atoms. The Balaban J connectivity index is 1.94. The van der Waals surface area contributed by atoms with Gasteiger partial charge in [-0.1, -0.05) is 57.6 Å². The van der Waals surface area contributed by atoms with Gasteiger partial charge in [-0.25, -0.2) is 0 Å². The third-order valence-corrected chi connectivity index (χ3v) is 4.71. The summed E-state index contributed by atoms with van der Waals surface area (Å²) >= 11 is 0. The first-order chi connectivity index (χ1) is 12.2. The summed E-state index contributed by atoms with van der Waals surface area (Å²) in [5, 5.41) is 29.0. The summed E-state index contributed by atoms with van der Waals surface area (Å²) in [6.45, 7) is 2.57. The Morgan fingerprint density at radius 2 is 1.60 bits per heavy atom. The predicted octanol–water partition coefficient (Wildman–Crippen LogP) is 2.96. The van der Waals surface area contributed by atoms with E-state index in [-0.39, 0.29) is 13.2 Å². The zero-order valence-corrected chi connectivity index (χ0v) is 15.8. The van der Waals surface area contributed by atoms with Crippen LogP contribution in [0.2, 0.25) is 0 Å². The van der Waals surface area contributed by atoms with Gasteiger partial charge in [0.2, 0.25) is 0 Å². The first-order valence-electron chi connectivity index (χ1n) is 10.1. The normalized spacial score (nSPS) is 27.2. The molecule has 0 spiro atoms. The molecular weight excluding hydrogens is 320 g/mol. The van der Waals surface area contributed by atoms with E-state index in [0.29, 0.717) is 6.61 Å². The monoisotopic (exact) mass is 358 g/mol. The smallest absolute Gasteiger partial charge is 0.114 e. The van der Waals surface area contributed by atoms with Crippen molar-refractivity contribution in [3.8, 4) is 0 Å². The molecule has 5 heteroatoms. The van der Waals surface area contributed by atoms with E-state index in [1.807, 2.05) is 0 Å². The zero-order chi connectivity index (χ0) is 18.3. The fourth-order valence-electron chi connectivity index (χ4n) is 3.10. The van der Waals surface area contributed by atoms with Crippen molar-refractivity contribution in [3.05, 3.63) is 12.2 Å². The standard InChI is InChI=1S/C20H38O5/c1-2-3-4-5-6-7-8-9-10-11-12-13-14-24-20-17(22)16-25-18(15-21)19(20)23/h4-5,17-23H,2-3,6-16H2,1H3/b5-4+/t17-,18+,19+,20+/m0/s1. The lowest BCUT2D eigenvalue weighted by atomic mass is 10.0. The maximum Gasteiger partial charge on any atom is 0.114 e. The molecule has 0 radical (unpaired) electrons. The quantitative estimate of drug-likeness (QED) is 0.329. The van der Waals surface area contributed by atoms with Crippen LogP contribution in [0.1, 0.15) is 71.1 Å². The number of ether oxygens (including phenoxy) is 2. The highest BCUT2D eigenvalue weighted by Gasteiger charge is 2.38. The molecule has 0 bridgehead atoms. The third-order valence-electron chi connectivity index (χ3n) is 4.71. The molecular formula is C20H38O5. The number of allylic oxidation sites excluding steroid dienone is 2. The van der Waals surface area contributed by atoms with E-state index in [4.69, 9.17) is 14.6 Å². The van der Waals surface area contributed by atoms with Crippen molar-refractivity contribution < 1.29 is 24.8 Å². The second-order valence-electron chi connectivity index (χ2n) is 6.97. The maximum absolute atomic E-state index is 10.0. The van der Waals surface area contributed by atoms with E-state index in [9.17, 15) is 10.2 Å². The van der Waals surface area contributed by atoms with Crippen LogP contribution in [0.3, 0.4) is 0 Å². The number of unbranched alkanes of at least 4 members (excludes halogenated alkanes) is 8. The average molecular weight is 359 g/mol.